The van der Waals surface area contributed by atoms with Crippen LogP contribution in [-0.2, 0) is 14.3 Å². The smallest absolute Gasteiger partial charge is 0.321 e. The summed E-state index contributed by atoms with van der Waals surface area (Å²) in [6.45, 7) is 2.90. The zero-order valence-electron chi connectivity index (χ0n) is 16.9. The van der Waals surface area contributed by atoms with E-state index in [0.717, 1.165) is 5.56 Å². The van der Waals surface area contributed by atoms with Crippen molar-refractivity contribution < 1.29 is 23.9 Å². The molecule has 0 heterocycles. The number of hydrogen-bond acceptors (Lipinski definition) is 5. The van der Waals surface area contributed by atoms with E-state index in [1.165, 1.54) is 0 Å². The summed E-state index contributed by atoms with van der Waals surface area (Å²) in [5.74, 6) is -1.76. The van der Waals surface area contributed by atoms with Gasteiger partial charge in [-0.1, -0.05) is 48.5 Å². The third-order valence-corrected chi connectivity index (χ3v) is 3.95. The third kappa shape index (κ3) is 7.75. The van der Waals surface area contributed by atoms with E-state index in [0.29, 0.717) is 5.56 Å². The van der Waals surface area contributed by atoms with E-state index in [2.05, 4.69) is 16.0 Å². The number of benzene rings is 2. The Bertz CT molecular complexity index is 869. The molecule has 4 amide bonds. The average Bonchev–Trinajstić information content (AvgIpc) is 2.72. The van der Waals surface area contributed by atoms with Gasteiger partial charge in [-0.25, -0.2) is 4.79 Å². The maximum atomic E-state index is 12.5. The normalized spacial score (nSPS) is 11.3. The van der Waals surface area contributed by atoms with Gasteiger partial charge in [0, 0.05) is 11.6 Å². The van der Waals surface area contributed by atoms with E-state index in [1.54, 1.807) is 68.4 Å². The fraction of sp³-hybridized carbons (Fsp3) is 0.273. The van der Waals surface area contributed by atoms with E-state index >= 15 is 0 Å². The number of carbonyl (C=O) groups excluding carboxylic acids is 4. The van der Waals surface area contributed by atoms with Crippen LogP contribution in [0.5, 0.6) is 0 Å². The third-order valence-electron chi connectivity index (χ3n) is 3.95. The maximum absolute atomic E-state index is 12.5. The highest BCUT2D eigenvalue weighted by Gasteiger charge is 2.21. The molecule has 0 radical (unpaired) electrons. The first-order chi connectivity index (χ1) is 14.3. The number of nitrogens with one attached hydrogen (secondary N) is 3. The summed E-state index contributed by atoms with van der Waals surface area (Å²) in [5.41, 5.74) is 1.18. The van der Waals surface area contributed by atoms with Gasteiger partial charge in [0.15, 0.2) is 6.61 Å². The number of ether oxygens (including phenoxy) is 1. The minimum absolute atomic E-state index is 0.139. The lowest BCUT2D eigenvalue weighted by atomic mass is 10.0. The van der Waals surface area contributed by atoms with E-state index in [4.69, 9.17) is 4.74 Å². The zero-order chi connectivity index (χ0) is 21.9. The molecule has 0 aliphatic heterocycles. The van der Waals surface area contributed by atoms with Gasteiger partial charge in [0.25, 0.3) is 11.8 Å². The molecule has 0 bridgehead atoms. The summed E-state index contributed by atoms with van der Waals surface area (Å²) in [6.07, 6.45) is -0.173. The first kappa shape index (κ1) is 22.6. The quantitative estimate of drug-likeness (QED) is 0.577. The van der Waals surface area contributed by atoms with Gasteiger partial charge in [-0.05, 0) is 31.5 Å². The van der Waals surface area contributed by atoms with Crippen molar-refractivity contribution in [2.45, 2.75) is 32.4 Å². The van der Waals surface area contributed by atoms with Gasteiger partial charge in [-0.3, -0.25) is 19.7 Å². The van der Waals surface area contributed by atoms with Gasteiger partial charge in [0.05, 0.1) is 12.5 Å². The van der Waals surface area contributed by atoms with Gasteiger partial charge in [-0.15, -0.1) is 0 Å². The van der Waals surface area contributed by atoms with Crippen LogP contribution in [0.15, 0.2) is 60.7 Å². The topological polar surface area (TPSA) is 114 Å². The highest BCUT2D eigenvalue weighted by Crippen LogP contribution is 2.18. The number of hydrogen-bond donors (Lipinski definition) is 3. The predicted molar refractivity (Wildman–Crippen MR) is 110 cm³/mol. The lowest BCUT2D eigenvalue weighted by molar-refractivity contribution is -0.148. The minimum atomic E-state index is -0.744. The molecular weight excluding hydrogens is 386 g/mol. The molecule has 0 spiro atoms. The molecule has 0 saturated carbocycles. The Morgan fingerprint density at radius 2 is 1.47 bits per heavy atom. The second-order valence-electron chi connectivity index (χ2n) is 6.84. The fourth-order valence-corrected chi connectivity index (χ4v) is 2.60. The Morgan fingerprint density at radius 1 is 0.867 bits per heavy atom. The van der Waals surface area contributed by atoms with E-state index < -0.39 is 30.6 Å². The molecule has 3 N–H and O–H groups in total. The standard InChI is InChI=1S/C22H25N3O5/c1-15(2)23-22(29)25-19(26)14-30-20(27)13-18(16-9-5-3-6-10-16)24-21(28)17-11-7-4-8-12-17/h3-12,15,18H,13-14H2,1-2H3,(H,24,28)(H2,23,25,26,29). The molecular formula is C22H25N3O5. The first-order valence-corrected chi connectivity index (χ1v) is 9.52. The summed E-state index contributed by atoms with van der Waals surface area (Å²) >= 11 is 0. The van der Waals surface area contributed by atoms with Crippen molar-refractivity contribution in [1.29, 1.82) is 0 Å². The lowest BCUT2D eigenvalue weighted by Gasteiger charge is -2.19. The number of rotatable bonds is 8. The van der Waals surface area contributed by atoms with Crippen LogP contribution in [0.4, 0.5) is 4.79 Å². The molecule has 2 aromatic rings. The average molecular weight is 411 g/mol. The van der Waals surface area contributed by atoms with Crippen LogP contribution in [0.2, 0.25) is 0 Å². The molecule has 0 saturated heterocycles. The summed E-state index contributed by atoms with van der Waals surface area (Å²) in [7, 11) is 0. The van der Waals surface area contributed by atoms with E-state index in [1.807, 2.05) is 6.07 Å². The van der Waals surface area contributed by atoms with Crippen LogP contribution in [0.1, 0.15) is 42.2 Å². The van der Waals surface area contributed by atoms with Crippen LogP contribution >= 0.6 is 0 Å². The van der Waals surface area contributed by atoms with Crippen LogP contribution < -0.4 is 16.0 Å². The van der Waals surface area contributed by atoms with Crippen molar-refractivity contribution in [3.63, 3.8) is 0 Å². The lowest BCUT2D eigenvalue weighted by Crippen LogP contribution is -2.44. The molecule has 0 fully saturated rings. The minimum Gasteiger partial charge on any atom is -0.455 e. The number of esters is 1. The molecule has 2 aromatic carbocycles. The van der Waals surface area contributed by atoms with Crippen LogP contribution in [-0.4, -0.2) is 36.5 Å². The summed E-state index contributed by atoms with van der Waals surface area (Å²) in [6, 6.07) is 16.2. The van der Waals surface area contributed by atoms with Crippen molar-refractivity contribution in [1.82, 2.24) is 16.0 Å². The number of urea groups is 1. The molecule has 158 valence electrons. The Labute approximate surface area is 175 Å². The number of imide groups is 1. The molecule has 0 aliphatic rings. The summed E-state index contributed by atoms with van der Waals surface area (Å²) in [5, 5.41) is 7.38. The molecule has 1 unspecified atom stereocenters. The molecule has 0 aromatic heterocycles. The van der Waals surface area contributed by atoms with Crippen molar-refractivity contribution in [2.75, 3.05) is 6.61 Å². The van der Waals surface area contributed by atoms with Gasteiger partial charge in [0.1, 0.15) is 0 Å². The van der Waals surface area contributed by atoms with Crippen LogP contribution in [0, 0.1) is 0 Å². The molecule has 8 nitrogen and oxygen atoms in total. The zero-order valence-corrected chi connectivity index (χ0v) is 16.9. The summed E-state index contributed by atoms with van der Waals surface area (Å²) in [4.78, 5) is 48.0. The Morgan fingerprint density at radius 3 is 2.07 bits per heavy atom. The second-order valence-corrected chi connectivity index (χ2v) is 6.84. The Balaban J connectivity index is 1.95. The fourth-order valence-electron chi connectivity index (χ4n) is 2.60. The van der Waals surface area contributed by atoms with Gasteiger partial charge in [-0.2, -0.15) is 0 Å². The summed E-state index contributed by atoms with van der Waals surface area (Å²) < 4.78 is 4.97. The van der Waals surface area contributed by atoms with Gasteiger partial charge >= 0.3 is 12.0 Å². The second kappa shape index (κ2) is 11.4. The van der Waals surface area contributed by atoms with Gasteiger partial charge in [0.2, 0.25) is 0 Å². The first-order valence-electron chi connectivity index (χ1n) is 9.52. The molecule has 2 rings (SSSR count). The predicted octanol–water partition coefficient (Wildman–Crippen LogP) is 2.33. The van der Waals surface area contributed by atoms with Crippen molar-refractivity contribution in [3.8, 4) is 0 Å². The van der Waals surface area contributed by atoms with Crippen LogP contribution in [0.25, 0.3) is 0 Å². The number of amides is 4. The van der Waals surface area contributed by atoms with E-state index in [-0.39, 0.29) is 18.4 Å². The van der Waals surface area contributed by atoms with Crippen molar-refractivity contribution in [3.05, 3.63) is 71.8 Å². The highest BCUT2D eigenvalue weighted by atomic mass is 16.5. The van der Waals surface area contributed by atoms with Crippen molar-refractivity contribution >= 4 is 23.8 Å². The monoisotopic (exact) mass is 411 g/mol. The Kier molecular flexibility index (Phi) is 8.56. The molecule has 1 atom stereocenters. The van der Waals surface area contributed by atoms with Gasteiger partial charge < -0.3 is 15.4 Å². The van der Waals surface area contributed by atoms with Crippen LogP contribution in [0.3, 0.4) is 0 Å². The maximum Gasteiger partial charge on any atom is 0.321 e. The molecule has 30 heavy (non-hydrogen) atoms. The number of carbonyl (C=O) groups is 4. The van der Waals surface area contributed by atoms with E-state index in [9.17, 15) is 19.2 Å². The van der Waals surface area contributed by atoms with Crippen molar-refractivity contribution in [2.24, 2.45) is 0 Å². The largest absolute Gasteiger partial charge is 0.455 e. The SMILES string of the molecule is CC(C)NC(=O)NC(=O)COC(=O)CC(NC(=O)c1ccccc1)c1ccccc1. The highest BCUT2D eigenvalue weighted by molar-refractivity contribution is 5.96. The molecule has 0 aliphatic carbocycles. The molecule has 8 heteroatoms. The Hall–Kier alpha value is -3.68.